The predicted molar refractivity (Wildman–Crippen MR) is 356 cm³/mol. The summed E-state index contributed by atoms with van der Waals surface area (Å²) < 4.78 is 0. The van der Waals surface area contributed by atoms with Crippen molar-refractivity contribution < 1.29 is 0 Å². The fourth-order valence-corrected chi connectivity index (χ4v) is 10.3. The number of rotatable bonds is 6. The number of anilines is 7. The monoisotopic (exact) mass is 1110 g/mol. The molecule has 0 unspecified atom stereocenters. The molecule has 0 aliphatic carbocycles. The zero-order valence-corrected chi connectivity index (χ0v) is 56.9. The van der Waals surface area contributed by atoms with Crippen molar-refractivity contribution in [2.45, 2.75) is 251 Å². The second-order valence-electron chi connectivity index (χ2n) is 34.1. The Hall–Kier alpha value is -6.02. The van der Waals surface area contributed by atoms with E-state index in [1.165, 1.54) is 11.1 Å². The summed E-state index contributed by atoms with van der Waals surface area (Å²) in [4.78, 5) is 31.8. The van der Waals surface area contributed by atoms with E-state index in [0.29, 0.717) is 0 Å². The second kappa shape index (κ2) is 20.6. The summed E-state index contributed by atoms with van der Waals surface area (Å²) in [6.45, 7) is 72.9. The van der Waals surface area contributed by atoms with E-state index >= 15 is 0 Å². The van der Waals surface area contributed by atoms with Gasteiger partial charge in [0.25, 0.3) is 0 Å². The molecule has 442 valence electrons. The standard InChI is InChI=1S/C74H106N8/c1-65(2,3)45-51(44-56(75-31)68(10,11)12)82-55-37-47(67(7,8)9)33-35-53(55)80(49-40-59(71(19,20)21)77-60(41-49)72(22,23)24)64(82)63-79(48-38-57(69(13,14)15)76-58(39-48)70(16,17)18)52-34-32-46(66(4,5)6)36-54(52)81(63)50-42-61(73(25,26)27)78-62(43-50)74(28,29)30/h32-45H,31H2,1-30H3/b51-45+,56-44-,64-63+. The molecule has 2 aliphatic rings. The van der Waals surface area contributed by atoms with Gasteiger partial charge in [-0.1, -0.05) is 226 Å². The number of fused-ring (bicyclic) bond motifs is 2. The van der Waals surface area contributed by atoms with Gasteiger partial charge in [-0.25, -0.2) is 0 Å². The van der Waals surface area contributed by atoms with Gasteiger partial charge in [-0.3, -0.25) is 39.5 Å². The lowest BCUT2D eigenvalue weighted by Crippen LogP contribution is -2.36. The Bertz CT molecular complexity index is 3260. The van der Waals surface area contributed by atoms with E-state index in [1.807, 2.05) is 0 Å². The van der Waals surface area contributed by atoms with Gasteiger partial charge in [-0.05, 0) is 101 Å². The molecule has 0 radical (unpaired) electrons. The van der Waals surface area contributed by atoms with Crippen LogP contribution in [0.25, 0.3) is 0 Å². The second-order valence-corrected chi connectivity index (χ2v) is 34.1. The van der Waals surface area contributed by atoms with E-state index in [-0.39, 0.29) is 54.1 Å². The number of hydrogen-bond acceptors (Lipinski definition) is 8. The summed E-state index contributed by atoms with van der Waals surface area (Å²) in [5.41, 5.74) is 15.2. The van der Waals surface area contributed by atoms with Gasteiger partial charge < -0.3 is 0 Å². The quantitative estimate of drug-likeness (QED) is 0.124. The number of benzene rings is 2. The van der Waals surface area contributed by atoms with E-state index in [4.69, 9.17) is 19.9 Å². The summed E-state index contributed by atoms with van der Waals surface area (Å²) in [7, 11) is 0. The summed E-state index contributed by atoms with van der Waals surface area (Å²) in [6.07, 6.45) is 4.75. The largest absolute Gasteiger partial charge is 0.291 e. The average molecular weight is 1110 g/mol. The van der Waals surface area contributed by atoms with Crippen LogP contribution in [-0.4, -0.2) is 21.7 Å². The van der Waals surface area contributed by atoms with Crippen LogP contribution in [0.2, 0.25) is 0 Å². The minimum atomic E-state index is -0.339. The Morgan fingerprint density at radius 1 is 0.366 bits per heavy atom. The van der Waals surface area contributed by atoms with Crippen LogP contribution in [0.5, 0.6) is 0 Å². The third-order valence-corrected chi connectivity index (χ3v) is 15.6. The molecular weight excluding hydrogens is 1000 g/mol. The molecule has 0 amide bonds. The molecule has 8 nitrogen and oxygen atoms in total. The average Bonchev–Trinajstić information content (AvgIpc) is 3.82. The topological polar surface area (TPSA) is 64.0 Å². The molecule has 5 heterocycles. The SMILES string of the molecule is C=N/C(=C\C(=C/C(C)(C)C)N1/C(=C2\N(c3cc(C(C)(C)C)nc(C(C)(C)C)c3)c3ccc(C(C)(C)C)cc3N2c2cc(C(C)(C)C)nc(C(C)(C)C)c2)N(c2cc(C(C)(C)C)nc(C(C)(C)C)c2)c2ccc(C(C)(C)C)cc21)C(C)(C)C. The highest BCUT2D eigenvalue weighted by atomic mass is 15.5. The van der Waals surface area contributed by atoms with Crippen molar-refractivity contribution in [1.29, 1.82) is 0 Å². The Kier molecular flexibility index (Phi) is 16.0. The highest BCUT2D eigenvalue weighted by Crippen LogP contribution is 2.59. The normalized spacial score (nSPS) is 16.6. The highest BCUT2D eigenvalue weighted by Gasteiger charge is 2.47. The Morgan fingerprint density at radius 3 is 0.939 bits per heavy atom. The Labute approximate surface area is 498 Å². The van der Waals surface area contributed by atoms with Gasteiger partial charge in [0.2, 0.25) is 0 Å². The third-order valence-electron chi connectivity index (χ3n) is 15.6. The van der Waals surface area contributed by atoms with Gasteiger partial charge in [0.1, 0.15) is 0 Å². The van der Waals surface area contributed by atoms with Gasteiger partial charge in [0.15, 0.2) is 11.6 Å². The summed E-state index contributed by atoms with van der Waals surface area (Å²) in [5, 5.41) is 0. The first kappa shape index (κ1) is 63.6. The van der Waals surface area contributed by atoms with E-state index in [0.717, 1.165) is 97.0 Å². The molecule has 0 saturated heterocycles. The molecule has 7 rings (SSSR count). The van der Waals surface area contributed by atoms with Crippen molar-refractivity contribution in [2.75, 3.05) is 19.6 Å². The van der Waals surface area contributed by atoms with Crippen LogP contribution in [0.1, 0.15) is 253 Å². The fourth-order valence-electron chi connectivity index (χ4n) is 10.3. The minimum absolute atomic E-state index is 0.175. The molecule has 0 fully saturated rings. The first-order valence-electron chi connectivity index (χ1n) is 30.2. The maximum atomic E-state index is 5.55. The Morgan fingerprint density at radius 2 is 0.659 bits per heavy atom. The number of pyridine rings is 3. The van der Waals surface area contributed by atoms with E-state index in [9.17, 15) is 0 Å². The first-order chi connectivity index (χ1) is 36.9. The van der Waals surface area contributed by atoms with E-state index in [1.54, 1.807) is 0 Å². The third kappa shape index (κ3) is 13.2. The number of nitrogens with zero attached hydrogens (tertiary/aromatic N) is 8. The van der Waals surface area contributed by atoms with E-state index < -0.39 is 0 Å². The van der Waals surface area contributed by atoms with Crippen molar-refractivity contribution in [3.8, 4) is 0 Å². The van der Waals surface area contributed by atoms with Crippen LogP contribution < -0.4 is 19.6 Å². The lowest BCUT2D eigenvalue weighted by Gasteiger charge is -2.37. The fraction of sp³-hybridized carbons (Fsp3) is 0.541. The van der Waals surface area contributed by atoms with Gasteiger partial charge in [-0.15, -0.1) is 0 Å². The smallest absolute Gasteiger partial charge is 0.166 e. The lowest BCUT2D eigenvalue weighted by molar-refractivity contribution is 0.497. The number of aliphatic imine (C=N–C) groups is 1. The summed E-state index contributed by atoms with van der Waals surface area (Å²) >= 11 is 0. The van der Waals surface area contributed by atoms with Crippen LogP contribution in [0.4, 0.5) is 39.8 Å². The number of hydrogen-bond donors (Lipinski definition) is 0. The zero-order valence-electron chi connectivity index (χ0n) is 56.9. The molecule has 0 atom stereocenters. The lowest BCUT2D eigenvalue weighted by atomic mass is 9.86. The minimum Gasteiger partial charge on any atom is -0.291 e. The van der Waals surface area contributed by atoms with Crippen molar-refractivity contribution in [1.82, 2.24) is 15.0 Å². The van der Waals surface area contributed by atoms with Gasteiger partial charge in [0.05, 0.1) is 39.8 Å². The molecule has 0 bridgehead atoms. The predicted octanol–water partition coefficient (Wildman–Crippen LogP) is 20.9. The molecule has 3 aromatic heterocycles. The van der Waals surface area contributed by atoms with Crippen molar-refractivity contribution in [3.05, 3.63) is 153 Å². The molecule has 2 aliphatic heterocycles. The van der Waals surface area contributed by atoms with Crippen molar-refractivity contribution in [2.24, 2.45) is 15.8 Å². The van der Waals surface area contributed by atoms with Crippen molar-refractivity contribution >= 4 is 46.5 Å². The molecule has 0 saturated carbocycles. The van der Waals surface area contributed by atoms with Crippen LogP contribution in [0.3, 0.4) is 0 Å². The first-order valence-corrected chi connectivity index (χ1v) is 30.2. The molecular formula is C74H106N8. The van der Waals surface area contributed by atoms with E-state index in [2.05, 4.69) is 319 Å². The molecule has 2 aromatic carbocycles. The van der Waals surface area contributed by atoms with Gasteiger partial charge in [-0.2, -0.15) is 0 Å². The van der Waals surface area contributed by atoms with Gasteiger partial charge in [0, 0.05) is 83.5 Å². The zero-order chi connectivity index (χ0) is 62.0. The molecule has 8 heteroatoms. The molecule has 0 spiro atoms. The summed E-state index contributed by atoms with van der Waals surface area (Å²) in [6, 6.07) is 28.5. The number of aromatic nitrogens is 3. The Balaban J connectivity index is 1.94. The van der Waals surface area contributed by atoms with Crippen LogP contribution in [0, 0.1) is 10.8 Å². The van der Waals surface area contributed by atoms with Gasteiger partial charge >= 0.3 is 0 Å². The van der Waals surface area contributed by atoms with Crippen LogP contribution in [-0.2, 0) is 43.3 Å². The van der Waals surface area contributed by atoms with Crippen LogP contribution in [0.15, 0.2) is 113 Å². The molecule has 0 N–H and O–H groups in total. The van der Waals surface area contributed by atoms with Crippen LogP contribution >= 0.6 is 0 Å². The number of allylic oxidation sites excluding steroid dienone is 3. The highest BCUT2D eigenvalue weighted by molar-refractivity contribution is 5.99. The van der Waals surface area contributed by atoms with Crippen molar-refractivity contribution in [3.63, 3.8) is 0 Å². The summed E-state index contributed by atoms with van der Waals surface area (Å²) in [5.74, 6) is 1.93. The molecule has 5 aromatic rings. The maximum Gasteiger partial charge on any atom is 0.166 e. The molecule has 82 heavy (non-hydrogen) atoms. The maximum absolute atomic E-state index is 5.55.